The van der Waals surface area contributed by atoms with Crippen LogP contribution in [0, 0.1) is 13.8 Å². The molecule has 2 unspecified atom stereocenters. The van der Waals surface area contributed by atoms with Crippen LogP contribution in [0.1, 0.15) is 29.9 Å². The maximum absolute atomic E-state index is 10.4. The van der Waals surface area contributed by atoms with E-state index in [0.29, 0.717) is 34.8 Å². The van der Waals surface area contributed by atoms with Crippen molar-refractivity contribution in [1.29, 1.82) is 0 Å². The molecule has 4 aromatic rings. The lowest BCUT2D eigenvalue weighted by Gasteiger charge is -2.26. The molecule has 0 aliphatic carbocycles. The van der Waals surface area contributed by atoms with Gasteiger partial charge in [-0.15, -0.1) is 10.2 Å². The average molecular weight is 523 g/mol. The number of methoxy groups -OCH3 is 2. The largest absolute Gasteiger partial charge is 0.494 e. The first-order valence-corrected chi connectivity index (χ1v) is 12.4. The molecule has 0 fully saturated rings. The van der Waals surface area contributed by atoms with Gasteiger partial charge in [-0.2, -0.15) is 5.06 Å². The summed E-state index contributed by atoms with van der Waals surface area (Å²) < 4.78 is 16.5. The second-order valence-electron chi connectivity index (χ2n) is 8.51. The van der Waals surface area contributed by atoms with Crippen LogP contribution in [0.3, 0.4) is 0 Å². The fourth-order valence-electron chi connectivity index (χ4n) is 3.92. The standard InChI is InChI=1S/C25H30N8O3S/c1-15-10-18(14-26-11-15)24-29-30-25(33(24)22-19(35-5)8-7-9-20(22)36-6)31-37-17(3)21(32(4)34)23-27-12-16(2)13-28-23/h7-14,17,21,34H,1-6H3,(H,30,31). The van der Waals surface area contributed by atoms with Gasteiger partial charge in [0.2, 0.25) is 5.95 Å². The van der Waals surface area contributed by atoms with Gasteiger partial charge in [-0.1, -0.05) is 6.07 Å². The Hall–Kier alpha value is -3.74. The van der Waals surface area contributed by atoms with Gasteiger partial charge in [-0.3, -0.25) is 14.3 Å². The number of pyridine rings is 1. The van der Waals surface area contributed by atoms with Crippen LogP contribution >= 0.6 is 11.9 Å². The third kappa shape index (κ3) is 5.66. The minimum absolute atomic E-state index is 0.188. The molecule has 0 aliphatic rings. The number of nitrogens with zero attached hydrogens (tertiary/aromatic N) is 7. The molecule has 0 saturated carbocycles. The van der Waals surface area contributed by atoms with Crippen LogP contribution in [0.25, 0.3) is 17.1 Å². The Labute approximate surface area is 220 Å². The van der Waals surface area contributed by atoms with Crippen LogP contribution in [0.15, 0.2) is 49.1 Å². The summed E-state index contributed by atoms with van der Waals surface area (Å²) in [4.78, 5) is 13.2. The Morgan fingerprint density at radius 2 is 1.68 bits per heavy atom. The molecule has 3 aromatic heterocycles. The van der Waals surface area contributed by atoms with Crippen LogP contribution in [-0.2, 0) is 0 Å². The molecule has 12 heteroatoms. The molecule has 0 amide bonds. The summed E-state index contributed by atoms with van der Waals surface area (Å²) in [6.45, 7) is 5.85. The lowest BCUT2D eigenvalue weighted by molar-refractivity contribution is -0.105. The van der Waals surface area contributed by atoms with E-state index >= 15 is 0 Å². The van der Waals surface area contributed by atoms with Crippen molar-refractivity contribution in [2.24, 2.45) is 0 Å². The maximum atomic E-state index is 10.4. The molecule has 0 saturated heterocycles. The summed E-state index contributed by atoms with van der Waals surface area (Å²) in [5, 5.41) is 20.2. The van der Waals surface area contributed by atoms with Gasteiger partial charge in [-0.25, -0.2) is 9.97 Å². The second kappa shape index (κ2) is 11.5. The van der Waals surface area contributed by atoms with Gasteiger partial charge in [0.15, 0.2) is 5.82 Å². The molecule has 4 rings (SSSR count). The van der Waals surface area contributed by atoms with Crippen molar-refractivity contribution in [1.82, 2.24) is 34.8 Å². The fraction of sp³-hybridized carbons (Fsp3) is 0.320. The number of rotatable bonds is 10. The number of para-hydroxylation sites is 1. The molecular weight excluding hydrogens is 492 g/mol. The van der Waals surface area contributed by atoms with Crippen molar-refractivity contribution in [2.45, 2.75) is 32.1 Å². The Balaban J connectivity index is 1.75. The van der Waals surface area contributed by atoms with E-state index in [1.165, 1.54) is 11.9 Å². The van der Waals surface area contributed by atoms with Crippen LogP contribution < -0.4 is 14.2 Å². The van der Waals surface area contributed by atoms with Crippen molar-refractivity contribution in [3.05, 3.63) is 66.0 Å². The molecule has 194 valence electrons. The molecule has 2 atom stereocenters. The first kappa shape index (κ1) is 26.3. The number of hydrogen-bond acceptors (Lipinski definition) is 11. The van der Waals surface area contributed by atoms with Gasteiger partial charge in [0.05, 0.1) is 14.2 Å². The first-order chi connectivity index (χ1) is 17.8. The first-order valence-electron chi connectivity index (χ1n) is 11.5. The molecule has 37 heavy (non-hydrogen) atoms. The van der Waals surface area contributed by atoms with Gasteiger partial charge < -0.3 is 14.7 Å². The van der Waals surface area contributed by atoms with E-state index in [9.17, 15) is 5.21 Å². The quantitative estimate of drug-likeness (QED) is 0.229. The summed E-state index contributed by atoms with van der Waals surface area (Å²) >= 11 is 1.36. The van der Waals surface area contributed by atoms with Crippen LogP contribution in [-0.4, -0.2) is 66.5 Å². The molecule has 1 aromatic carbocycles. The third-order valence-corrected chi connectivity index (χ3v) is 6.60. The Kier molecular flexibility index (Phi) is 8.21. The van der Waals surface area contributed by atoms with E-state index in [1.807, 2.05) is 49.6 Å². The Bertz CT molecular complexity index is 1320. The van der Waals surface area contributed by atoms with Crippen LogP contribution in [0.2, 0.25) is 0 Å². The highest BCUT2D eigenvalue weighted by atomic mass is 32.2. The van der Waals surface area contributed by atoms with Gasteiger partial charge in [-0.05, 0) is 62.0 Å². The number of ether oxygens (including phenoxy) is 2. The lowest BCUT2D eigenvalue weighted by Crippen LogP contribution is -2.30. The Morgan fingerprint density at radius 3 is 2.27 bits per heavy atom. The molecule has 11 nitrogen and oxygen atoms in total. The number of aryl methyl sites for hydroxylation is 2. The zero-order chi connectivity index (χ0) is 26.5. The van der Waals surface area contributed by atoms with Crippen molar-refractivity contribution in [2.75, 3.05) is 26.0 Å². The summed E-state index contributed by atoms with van der Waals surface area (Å²) in [6.07, 6.45) is 6.98. The summed E-state index contributed by atoms with van der Waals surface area (Å²) in [5.74, 6) is 2.69. The SMILES string of the molecule is COc1cccc(OC)c1-n1c(NSC(C)C(c2ncc(C)cn2)N(C)O)nnc1-c1cncc(C)c1. The minimum Gasteiger partial charge on any atom is -0.494 e. The van der Waals surface area contributed by atoms with Crippen molar-refractivity contribution < 1.29 is 14.7 Å². The smallest absolute Gasteiger partial charge is 0.239 e. The number of hydrogen-bond donors (Lipinski definition) is 2. The molecular formula is C25H30N8O3S. The van der Waals surface area contributed by atoms with Crippen LogP contribution in [0.4, 0.5) is 5.95 Å². The highest BCUT2D eigenvalue weighted by molar-refractivity contribution is 8.01. The fourth-order valence-corrected chi connectivity index (χ4v) is 4.77. The zero-order valence-corrected chi connectivity index (χ0v) is 22.4. The molecule has 2 N–H and O–H groups in total. The van der Waals surface area contributed by atoms with Crippen molar-refractivity contribution in [3.8, 4) is 28.6 Å². The summed E-state index contributed by atoms with van der Waals surface area (Å²) in [7, 11) is 4.78. The molecule has 0 radical (unpaired) electrons. The molecule has 0 spiro atoms. The molecule has 0 bridgehead atoms. The number of anilines is 1. The van der Waals surface area contributed by atoms with E-state index < -0.39 is 6.04 Å². The monoisotopic (exact) mass is 522 g/mol. The summed E-state index contributed by atoms with van der Waals surface area (Å²) in [5.41, 5.74) is 3.36. The highest BCUT2D eigenvalue weighted by Crippen LogP contribution is 2.38. The number of benzene rings is 1. The molecule has 3 heterocycles. The van der Waals surface area contributed by atoms with Crippen LogP contribution in [0.5, 0.6) is 11.5 Å². The minimum atomic E-state index is -0.476. The number of aromatic nitrogens is 6. The van der Waals surface area contributed by atoms with E-state index in [4.69, 9.17) is 9.47 Å². The van der Waals surface area contributed by atoms with E-state index in [1.54, 1.807) is 46.1 Å². The van der Waals surface area contributed by atoms with Gasteiger partial charge in [0.25, 0.3) is 0 Å². The van der Waals surface area contributed by atoms with Crippen molar-refractivity contribution in [3.63, 3.8) is 0 Å². The van der Waals surface area contributed by atoms with Gasteiger partial charge >= 0.3 is 0 Å². The number of nitrogens with one attached hydrogen (secondary N) is 1. The lowest BCUT2D eigenvalue weighted by atomic mass is 10.2. The Morgan fingerprint density at radius 1 is 1.00 bits per heavy atom. The van der Waals surface area contributed by atoms with Gasteiger partial charge in [0.1, 0.15) is 29.1 Å². The van der Waals surface area contributed by atoms with E-state index in [-0.39, 0.29) is 5.25 Å². The predicted molar refractivity (Wildman–Crippen MR) is 142 cm³/mol. The van der Waals surface area contributed by atoms with Crippen molar-refractivity contribution >= 4 is 17.9 Å². The average Bonchev–Trinajstić information content (AvgIpc) is 3.31. The van der Waals surface area contributed by atoms with E-state index in [2.05, 4.69) is 29.9 Å². The predicted octanol–water partition coefficient (Wildman–Crippen LogP) is 4.26. The third-order valence-electron chi connectivity index (χ3n) is 5.67. The maximum Gasteiger partial charge on any atom is 0.239 e. The normalized spacial score (nSPS) is 12.9. The van der Waals surface area contributed by atoms with Gasteiger partial charge in [0, 0.05) is 42.6 Å². The van der Waals surface area contributed by atoms with E-state index in [0.717, 1.165) is 21.8 Å². The summed E-state index contributed by atoms with van der Waals surface area (Å²) in [6, 6.07) is 7.06. The zero-order valence-electron chi connectivity index (χ0n) is 21.6. The topological polar surface area (TPSA) is 123 Å². The highest BCUT2D eigenvalue weighted by Gasteiger charge is 2.28. The second-order valence-corrected chi connectivity index (χ2v) is 9.69. The number of hydroxylamine groups is 2. The molecule has 0 aliphatic heterocycles.